The number of hydrogen-bond donors (Lipinski definition) is 1. The Labute approximate surface area is 163 Å². The van der Waals surface area contributed by atoms with Gasteiger partial charge in [0, 0.05) is 18.5 Å². The third-order valence-electron chi connectivity index (χ3n) is 3.69. The number of carbonyl (C=O) groups is 2. The van der Waals surface area contributed by atoms with Crippen molar-refractivity contribution >= 4 is 33.2 Å². The molecule has 0 spiro atoms. The maximum atomic E-state index is 12.1. The fraction of sp³-hybridized carbons (Fsp3) is 0.333. The minimum Gasteiger partial charge on any atom is -0.452 e. The van der Waals surface area contributed by atoms with E-state index in [1.165, 1.54) is 4.90 Å². The first-order valence-corrected chi connectivity index (χ1v) is 11.0. The van der Waals surface area contributed by atoms with Gasteiger partial charge in [0.25, 0.3) is 5.91 Å². The predicted octanol–water partition coefficient (Wildman–Crippen LogP) is 1.66. The number of carbonyl (C=O) groups excluding carboxylic acids is 2. The number of nitrogens with one attached hydrogen (secondary N) is 1. The molecule has 2 aromatic rings. The van der Waals surface area contributed by atoms with Gasteiger partial charge in [0.1, 0.15) is 0 Å². The average molecular weight is 411 g/mol. The van der Waals surface area contributed by atoms with Crippen LogP contribution in [0.15, 0.2) is 41.8 Å². The van der Waals surface area contributed by atoms with E-state index in [4.69, 9.17) is 4.74 Å². The molecule has 0 radical (unpaired) electrons. The Balaban J connectivity index is 1.78. The van der Waals surface area contributed by atoms with Crippen molar-refractivity contribution in [3.05, 3.63) is 57.8 Å². The van der Waals surface area contributed by atoms with Crippen molar-refractivity contribution in [1.29, 1.82) is 0 Å². The molecule has 7 nitrogen and oxygen atoms in total. The molecule has 0 saturated carbocycles. The Kier molecular flexibility index (Phi) is 7.52. The van der Waals surface area contributed by atoms with Crippen LogP contribution in [0.4, 0.5) is 0 Å². The summed E-state index contributed by atoms with van der Waals surface area (Å²) in [6.07, 6.45) is 1.61. The van der Waals surface area contributed by atoms with Gasteiger partial charge < -0.3 is 9.64 Å². The van der Waals surface area contributed by atoms with Crippen LogP contribution in [-0.4, -0.2) is 51.6 Å². The van der Waals surface area contributed by atoms with Gasteiger partial charge in [-0.05, 0) is 35.6 Å². The maximum absolute atomic E-state index is 12.1. The molecule has 0 aliphatic heterocycles. The lowest BCUT2D eigenvalue weighted by molar-refractivity contribution is -0.133. The van der Waals surface area contributed by atoms with E-state index < -0.39 is 16.0 Å². The number of nitrogens with zero attached hydrogens (tertiary/aromatic N) is 1. The first-order valence-electron chi connectivity index (χ1n) is 8.21. The van der Waals surface area contributed by atoms with E-state index in [0.29, 0.717) is 18.5 Å². The standard InChI is InChI=1S/C18H22N2O5S2/c1-20(12-16-4-3-11-26-16)17(21)13-25-18(22)15-7-5-14(6-8-15)9-10-19-27(2,23)24/h3-8,11,19H,9-10,12-13H2,1-2H3. The Morgan fingerprint density at radius 3 is 2.48 bits per heavy atom. The number of likely N-dealkylation sites (N-methyl/N-ethyl adjacent to an activating group) is 1. The number of ether oxygens (including phenoxy) is 1. The zero-order chi connectivity index (χ0) is 19.9. The molecule has 0 aliphatic carbocycles. The molecular formula is C18H22N2O5S2. The number of amides is 1. The fourth-order valence-electron chi connectivity index (χ4n) is 2.23. The minimum absolute atomic E-state index is 0.278. The summed E-state index contributed by atoms with van der Waals surface area (Å²) in [4.78, 5) is 26.7. The number of sulfonamides is 1. The second-order valence-corrected chi connectivity index (χ2v) is 8.88. The molecule has 0 unspecified atom stereocenters. The van der Waals surface area contributed by atoms with Crippen LogP contribution in [0.25, 0.3) is 0 Å². The van der Waals surface area contributed by atoms with Crippen molar-refractivity contribution in [2.24, 2.45) is 0 Å². The van der Waals surface area contributed by atoms with Crippen molar-refractivity contribution in [2.75, 3.05) is 26.5 Å². The van der Waals surface area contributed by atoms with Gasteiger partial charge in [-0.15, -0.1) is 11.3 Å². The van der Waals surface area contributed by atoms with Crippen LogP contribution >= 0.6 is 11.3 Å². The summed E-state index contributed by atoms with van der Waals surface area (Å²) in [5, 5.41) is 1.94. The van der Waals surface area contributed by atoms with E-state index in [-0.39, 0.29) is 19.1 Å². The summed E-state index contributed by atoms with van der Waals surface area (Å²) < 4.78 is 29.5. The molecule has 1 aromatic heterocycles. The quantitative estimate of drug-likeness (QED) is 0.635. The summed E-state index contributed by atoms with van der Waals surface area (Å²) >= 11 is 1.56. The second-order valence-electron chi connectivity index (χ2n) is 6.02. The van der Waals surface area contributed by atoms with E-state index in [1.54, 1.807) is 42.6 Å². The number of rotatable bonds is 9. The average Bonchev–Trinajstić information content (AvgIpc) is 3.11. The molecule has 0 atom stereocenters. The van der Waals surface area contributed by atoms with Gasteiger partial charge in [0.05, 0.1) is 18.4 Å². The number of hydrogen-bond acceptors (Lipinski definition) is 6. The van der Waals surface area contributed by atoms with E-state index >= 15 is 0 Å². The molecule has 0 aliphatic rings. The lowest BCUT2D eigenvalue weighted by Gasteiger charge is -2.16. The molecule has 0 saturated heterocycles. The highest BCUT2D eigenvalue weighted by molar-refractivity contribution is 7.88. The van der Waals surface area contributed by atoms with E-state index in [2.05, 4.69) is 4.72 Å². The molecule has 1 amide bonds. The molecule has 146 valence electrons. The zero-order valence-corrected chi connectivity index (χ0v) is 16.8. The highest BCUT2D eigenvalue weighted by Gasteiger charge is 2.14. The molecule has 1 aromatic carbocycles. The molecule has 1 heterocycles. The normalized spacial score (nSPS) is 11.2. The largest absolute Gasteiger partial charge is 0.452 e. The zero-order valence-electron chi connectivity index (χ0n) is 15.2. The first kappa shape index (κ1) is 21.1. The predicted molar refractivity (Wildman–Crippen MR) is 104 cm³/mol. The fourth-order valence-corrected chi connectivity index (χ4v) is 3.46. The van der Waals surface area contributed by atoms with Crippen LogP contribution < -0.4 is 4.72 Å². The van der Waals surface area contributed by atoms with E-state index in [0.717, 1.165) is 16.7 Å². The van der Waals surface area contributed by atoms with Crippen molar-refractivity contribution in [2.45, 2.75) is 13.0 Å². The van der Waals surface area contributed by atoms with Crippen molar-refractivity contribution < 1.29 is 22.7 Å². The Hall–Kier alpha value is -2.23. The van der Waals surface area contributed by atoms with Gasteiger partial charge in [-0.1, -0.05) is 18.2 Å². The van der Waals surface area contributed by atoms with Gasteiger partial charge in [-0.3, -0.25) is 4.79 Å². The molecule has 2 rings (SSSR count). The van der Waals surface area contributed by atoms with Crippen LogP contribution in [0.5, 0.6) is 0 Å². The summed E-state index contributed by atoms with van der Waals surface area (Å²) in [7, 11) is -1.55. The van der Waals surface area contributed by atoms with E-state index in [1.807, 2.05) is 17.5 Å². The number of esters is 1. The summed E-state index contributed by atoms with van der Waals surface area (Å²) in [5.74, 6) is -0.853. The molecule has 1 N–H and O–H groups in total. The molecular weight excluding hydrogens is 388 g/mol. The van der Waals surface area contributed by atoms with Gasteiger partial charge in [0.15, 0.2) is 6.61 Å². The lowest BCUT2D eigenvalue weighted by Crippen LogP contribution is -2.30. The SMILES string of the molecule is CN(Cc1cccs1)C(=O)COC(=O)c1ccc(CCNS(C)(=O)=O)cc1. The number of thiophene rings is 1. The van der Waals surface area contributed by atoms with Gasteiger partial charge >= 0.3 is 5.97 Å². The van der Waals surface area contributed by atoms with Crippen molar-refractivity contribution in [1.82, 2.24) is 9.62 Å². The Morgan fingerprint density at radius 1 is 1.19 bits per heavy atom. The molecule has 9 heteroatoms. The van der Waals surface area contributed by atoms with Gasteiger partial charge in [0.2, 0.25) is 10.0 Å². The lowest BCUT2D eigenvalue weighted by atomic mass is 10.1. The van der Waals surface area contributed by atoms with Crippen LogP contribution in [0, 0.1) is 0 Å². The monoisotopic (exact) mass is 410 g/mol. The Morgan fingerprint density at radius 2 is 1.89 bits per heavy atom. The van der Waals surface area contributed by atoms with Crippen LogP contribution in [0.3, 0.4) is 0 Å². The second kappa shape index (κ2) is 9.63. The van der Waals surface area contributed by atoms with Crippen LogP contribution in [-0.2, 0) is 32.5 Å². The van der Waals surface area contributed by atoms with Crippen molar-refractivity contribution in [3.63, 3.8) is 0 Å². The Bertz CT molecular complexity index is 862. The highest BCUT2D eigenvalue weighted by Crippen LogP contribution is 2.11. The summed E-state index contributed by atoms with van der Waals surface area (Å²) in [6, 6.07) is 10.5. The smallest absolute Gasteiger partial charge is 0.338 e. The van der Waals surface area contributed by atoms with Gasteiger partial charge in [-0.25, -0.2) is 17.9 Å². The number of benzene rings is 1. The van der Waals surface area contributed by atoms with Crippen molar-refractivity contribution in [3.8, 4) is 0 Å². The minimum atomic E-state index is -3.21. The van der Waals surface area contributed by atoms with Crippen LogP contribution in [0.2, 0.25) is 0 Å². The van der Waals surface area contributed by atoms with Crippen LogP contribution in [0.1, 0.15) is 20.8 Å². The highest BCUT2D eigenvalue weighted by atomic mass is 32.2. The molecule has 0 bridgehead atoms. The van der Waals surface area contributed by atoms with Gasteiger partial charge in [-0.2, -0.15) is 0 Å². The molecule has 0 fully saturated rings. The van der Waals surface area contributed by atoms with E-state index in [9.17, 15) is 18.0 Å². The third kappa shape index (κ3) is 7.49. The first-order chi connectivity index (χ1) is 12.7. The summed E-state index contributed by atoms with van der Waals surface area (Å²) in [5.41, 5.74) is 1.22. The topological polar surface area (TPSA) is 92.8 Å². The maximum Gasteiger partial charge on any atom is 0.338 e. The third-order valence-corrected chi connectivity index (χ3v) is 5.28. The molecule has 27 heavy (non-hydrogen) atoms. The summed E-state index contributed by atoms with van der Waals surface area (Å²) in [6.45, 7) is 0.443.